The van der Waals surface area contributed by atoms with Crippen molar-refractivity contribution in [2.24, 2.45) is 11.8 Å². The Bertz CT molecular complexity index is 1140. The first-order chi connectivity index (χ1) is 15.8. The Morgan fingerprint density at radius 2 is 2.24 bits per heavy atom. The molecule has 3 aromatic rings. The first-order valence-corrected chi connectivity index (χ1v) is 12.0. The van der Waals surface area contributed by atoms with E-state index in [1.807, 2.05) is 0 Å². The van der Waals surface area contributed by atoms with Crippen molar-refractivity contribution in [1.82, 2.24) is 15.0 Å². The van der Waals surface area contributed by atoms with Crippen molar-refractivity contribution >= 4 is 38.9 Å². The fraction of sp³-hybridized carbons (Fsp3) is 0.364. The zero-order valence-corrected chi connectivity index (χ0v) is 20.2. The summed E-state index contributed by atoms with van der Waals surface area (Å²) in [6.07, 6.45) is 3.44. The molecule has 0 saturated heterocycles. The van der Waals surface area contributed by atoms with Crippen LogP contribution in [0.25, 0.3) is 0 Å². The zero-order valence-electron chi connectivity index (χ0n) is 17.8. The molecular formula is C22H24BrN5O4S. The van der Waals surface area contributed by atoms with E-state index in [0.29, 0.717) is 45.0 Å². The molecule has 33 heavy (non-hydrogen) atoms. The highest BCUT2D eigenvalue weighted by Gasteiger charge is 2.34. The van der Waals surface area contributed by atoms with Gasteiger partial charge in [0.2, 0.25) is 5.78 Å². The quantitative estimate of drug-likeness (QED) is 0.195. The van der Waals surface area contributed by atoms with E-state index in [1.165, 1.54) is 23.9 Å². The minimum atomic E-state index is -1.37. The average Bonchev–Trinajstić information content (AvgIpc) is 3.42. The normalized spacial score (nSPS) is 22.2. The maximum atomic E-state index is 13.3. The third-order valence-electron chi connectivity index (χ3n) is 5.86. The lowest BCUT2D eigenvalue weighted by atomic mass is 9.94. The van der Waals surface area contributed by atoms with Crippen LogP contribution in [0, 0.1) is 5.92 Å². The number of nitrogens with one attached hydrogen (secondary N) is 1. The van der Waals surface area contributed by atoms with Crippen LogP contribution in [0.2, 0.25) is 0 Å². The lowest BCUT2D eigenvalue weighted by Gasteiger charge is -2.21. The van der Waals surface area contributed by atoms with Crippen molar-refractivity contribution in [3.63, 3.8) is 0 Å². The number of aliphatic hydroxyl groups is 2. The Hall–Kier alpha value is -2.28. The summed E-state index contributed by atoms with van der Waals surface area (Å²) < 4.78 is 0.612. The van der Waals surface area contributed by atoms with Crippen LogP contribution in [-0.4, -0.2) is 49.7 Å². The predicted octanol–water partition coefficient (Wildman–Crippen LogP) is 2.62. The number of nitrogens with two attached hydrogens (primary N) is 1. The monoisotopic (exact) mass is 533 g/mol. The Morgan fingerprint density at radius 3 is 3.00 bits per heavy atom. The van der Waals surface area contributed by atoms with E-state index in [2.05, 4.69) is 41.0 Å². The van der Waals surface area contributed by atoms with Gasteiger partial charge in [-0.15, -0.1) is 11.3 Å². The molecule has 3 heterocycles. The lowest BCUT2D eigenvalue weighted by molar-refractivity contribution is 0.0442. The van der Waals surface area contributed by atoms with Gasteiger partial charge < -0.3 is 20.4 Å². The summed E-state index contributed by atoms with van der Waals surface area (Å²) in [7, 11) is 0. The van der Waals surface area contributed by atoms with Gasteiger partial charge in [-0.05, 0) is 59.3 Å². The molecule has 1 fully saturated rings. The molecule has 9 nitrogen and oxygen atoms in total. The molecular weight excluding hydrogens is 510 g/mol. The maximum Gasteiger partial charge on any atom is 0.208 e. The fourth-order valence-electron chi connectivity index (χ4n) is 4.00. The van der Waals surface area contributed by atoms with Gasteiger partial charge in [-0.25, -0.2) is 20.8 Å². The lowest BCUT2D eigenvalue weighted by Crippen LogP contribution is -2.23. The van der Waals surface area contributed by atoms with Gasteiger partial charge in [0.1, 0.15) is 22.3 Å². The molecule has 11 heteroatoms. The van der Waals surface area contributed by atoms with Crippen molar-refractivity contribution < 1.29 is 19.8 Å². The fourth-order valence-corrected chi connectivity index (χ4v) is 5.31. The largest absolute Gasteiger partial charge is 0.393 e. The number of halogens is 1. The number of carbonyl (C=O) groups excluding carboxylic acids is 1. The zero-order chi connectivity index (χ0) is 23.6. The van der Waals surface area contributed by atoms with Crippen LogP contribution in [-0.2, 0) is 10.4 Å². The van der Waals surface area contributed by atoms with E-state index in [1.54, 1.807) is 36.6 Å². The molecule has 174 valence electrons. The number of rotatable bonds is 8. The van der Waals surface area contributed by atoms with Crippen molar-refractivity contribution in [1.29, 1.82) is 0 Å². The summed E-state index contributed by atoms with van der Waals surface area (Å²) >= 11 is 4.56. The molecule has 4 rings (SSSR count). The summed E-state index contributed by atoms with van der Waals surface area (Å²) in [6, 6.07) is 6.89. The highest BCUT2D eigenvalue weighted by atomic mass is 79.9. The van der Waals surface area contributed by atoms with Crippen LogP contribution in [0.1, 0.15) is 46.3 Å². The highest BCUT2D eigenvalue weighted by Crippen LogP contribution is 2.34. The van der Waals surface area contributed by atoms with E-state index in [0.717, 1.165) is 0 Å². The summed E-state index contributed by atoms with van der Waals surface area (Å²) in [5.74, 6) is 5.22. The number of ketones is 1. The maximum absolute atomic E-state index is 13.3. The standard InChI is InChI=1S/C22H24BrN5O4S/c1-22(31,18-3-2-4-19(23)28-18)13-6-17(33-10-13)20(30)15-8-25-11-26-21(15)27-14-5-12(9-32-24)16(29)7-14/h2-4,6,8,10-12,14,16,29,31H,5,7,9,24H2,1H3,(H,25,26,27)/t12-,14-,16+,22?/m1/s1. The molecule has 1 aliphatic rings. The van der Waals surface area contributed by atoms with Crippen molar-refractivity contribution in [3.05, 3.63) is 68.5 Å². The molecule has 1 unspecified atom stereocenters. The number of nitrogens with zero attached hydrogens (tertiary/aromatic N) is 3. The summed E-state index contributed by atoms with van der Waals surface area (Å²) in [5, 5.41) is 26.3. The first kappa shape index (κ1) is 23.9. The van der Waals surface area contributed by atoms with Gasteiger partial charge in [0.15, 0.2) is 0 Å². The third kappa shape index (κ3) is 5.13. The second-order valence-corrected chi connectivity index (χ2v) is 9.93. The molecule has 0 spiro atoms. The Morgan fingerprint density at radius 1 is 1.42 bits per heavy atom. The van der Waals surface area contributed by atoms with E-state index in [4.69, 9.17) is 5.90 Å². The van der Waals surface area contributed by atoms with Gasteiger partial charge in [0, 0.05) is 23.7 Å². The molecule has 0 aromatic carbocycles. The Balaban J connectivity index is 1.55. The molecule has 1 saturated carbocycles. The number of hydrogen-bond acceptors (Lipinski definition) is 10. The summed E-state index contributed by atoms with van der Waals surface area (Å²) in [5.41, 5.74) is -0.0157. The molecule has 0 radical (unpaired) electrons. The molecule has 0 aliphatic heterocycles. The van der Waals surface area contributed by atoms with Gasteiger partial charge >= 0.3 is 0 Å². The number of carbonyl (C=O) groups is 1. The number of anilines is 1. The Kier molecular flexibility index (Phi) is 7.17. The van der Waals surface area contributed by atoms with Crippen LogP contribution in [0.3, 0.4) is 0 Å². The third-order valence-corrected chi connectivity index (χ3v) is 7.24. The number of hydrogen-bond donors (Lipinski definition) is 4. The van der Waals surface area contributed by atoms with Crippen molar-refractivity contribution in [2.45, 2.75) is 37.5 Å². The minimum absolute atomic E-state index is 0.0798. The smallest absolute Gasteiger partial charge is 0.208 e. The van der Waals surface area contributed by atoms with E-state index >= 15 is 0 Å². The van der Waals surface area contributed by atoms with E-state index in [-0.39, 0.29) is 24.3 Å². The average molecular weight is 534 g/mol. The number of aliphatic hydroxyl groups excluding tert-OH is 1. The number of aromatic nitrogens is 3. The van der Waals surface area contributed by atoms with E-state index in [9.17, 15) is 15.0 Å². The second kappa shape index (κ2) is 9.92. The molecule has 3 aromatic heterocycles. The van der Waals surface area contributed by atoms with E-state index < -0.39 is 11.7 Å². The van der Waals surface area contributed by atoms with Crippen LogP contribution in [0.5, 0.6) is 0 Å². The van der Waals surface area contributed by atoms with Gasteiger partial charge in [-0.3, -0.25) is 4.79 Å². The van der Waals surface area contributed by atoms with Crippen LogP contribution in [0.15, 0.2) is 46.8 Å². The van der Waals surface area contributed by atoms with Crippen LogP contribution in [0.4, 0.5) is 5.82 Å². The molecule has 0 bridgehead atoms. The topological polar surface area (TPSA) is 143 Å². The van der Waals surface area contributed by atoms with Crippen molar-refractivity contribution in [2.75, 3.05) is 11.9 Å². The molecule has 5 N–H and O–H groups in total. The summed E-state index contributed by atoms with van der Waals surface area (Å²) in [6.45, 7) is 1.91. The van der Waals surface area contributed by atoms with Crippen molar-refractivity contribution in [3.8, 4) is 0 Å². The van der Waals surface area contributed by atoms with Crippen LogP contribution >= 0.6 is 27.3 Å². The Labute approximate surface area is 203 Å². The van der Waals surface area contributed by atoms with Gasteiger partial charge in [-0.1, -0.05) is 6.07 Å². The second-order valence-electron chi connectivity index (χ2n) is 8.20. The first-order valence-electron chi connectivity index (χ1n) is 10.3. The predicted molar refractivity (Wildman–Crippen MR) is 127 cm³/mol. The number of pyridine rings is 1. The van der Waals surface area contributed by atoms with Gasteiger partial charge in [0.25, 0.3) is 0 Å². The highest BCUT2D eigenvalue weighted by molar-refractivity contribution is 9.10. The van der Waals surface area contributed by atoms with Crippen LogP contribution < -0.4 is 11.2 Å². The molecule has 0 amide bonds. The summed E-state index contributed by atoms with van der Waals surface area (Å²) in [4.78, 5) is 31.1. The molecule has 4 atom stereocenters. The van der Waals surface area contributed by atoms with Gasteiger partial charge in [0.05, 0.1) is 28.8 Å². The SMILES string of the molecule is CC(O)(c1csc(C(=O)c2cncnc2N[C@@H]2C[C@H](CON)[C@@H](O)C2)c1)c1cccc(Br)n1. The minimum Gasteiger partial charge on any atom is -0.393 e. The number of thiophene rings is 1. The van der Waals surface area contributed by atoms with Gasteiger partial charge in [-0.2, -0.15) is 0 Å². The molecule has 1 aliphatic carbocycles.